The normalized spacial score (nSPS) is 12.9. The molecule has 0 spiro atoms. The fraction of sp³-hybridized carbons (Fsp3) is 0.385. The lowest BCUT2D eigenvalue weighted by molar-refractivity contribution is 0.547. The molecule has 0 saturated carbocycles. The molecule has 1 unspecified atom stereocenters. The van der Waals surface area contributed by atoms with Crippen LogP contribution in [0.2, 0.25) is 0 Å². The smallest absolute Gasteiger partial charge is 0.134 e. The van der Waals surface area contributed by atoms with Gasteiger partial charge in [0.2, 0.25) is 0 Å². The van der Waals surface area contributed by atoms with Gasteiger partial charge in [0.05, 0.1) is 0 Å². The van der Waals surface area contributed by atoms with Crippen molar-refractivity contribution in [1.82, 2.24) is 14.8 Å². The van der Waals surface area contributed by atoms with Crippen LogP contribution in [0, 0.1) is 0 Å². The summed E-state index contributed by atoms with van der Waals surface area (Å²) in [5.41, 5.74) is 7.30. The predicted octanol–water partition coefficient (Wildman–Crippen LogP) is 2.10. The highest BCUT2D eigenvalue weighted by Gasteiger charge is 2.13. The first-order valence-corrected chi connectivity index (χ1v) is 5.87. The van der Waals surface area contributed by atoms with Crippen molar-refractivity contribution in [3.05, 3.63) is 48.0 Å². The average Bonchev–Trinajstić information content (AvgIpc) is 2.78. The Bertz CT molecular complexity index is 461. The van der Waals surface area contributed by atoms with Gasteiger partial charge in [-0.25, -0.2) is 0 Å². The van der Waals surface area contributed by atoms with E-state index in [1.165, 1.54) is 0 Å². The van der Waals surface area contributed by atoms with Crippen LogP contribution in [-0.4, -0.2) is 14.8 Å². The van der Waals surface area contributed by atoms with Gasteiger partial charge in [0, 0.05) is 18.5 Å². The predicted molar refractivity (Wildman–Crippen MR) is 67.5 cm³/mol. The monoisotopic (exact) mass is 230 g/mol. The summed E-state index contributed by atoms with van der Waals surface area (Å²) in [6.45, 7) is 4.22. The minimum atomic E-state index is -0.0297. The zero-order valence-corrected chi connectivity index (χ0v) is 10.2. The van der Waals surface area contributed by atoms with Gasteiger partial charge < -0.3 is 10.3 Å². The Kier molecular flexibility index (Phi) is 3.54. The summed E-state index contributed by atoms with van der Waals surface area (Å²) < 4.78 is 2.06. The first-order valence-electron chi connectivity index (χ1n) is 5.87. The first kappa shape index (κ1) is 11.8. The fourth-order valence-electron chi connectivity index (χ4n) is 1.86. The molecule has 2 aromatic rings. The standard InChI is InChI=1S/C13H18N4/c1-10(2)17-9-15-16-13(17)8-12(14)11-6-4-3-5-7-11/h3-7,9-10,12H,8,14H2,1-2H3. The Morgan fingerprint density at radius 2 is 1.94 bits per heavy atom. The van der Waals surface area contributed by atoms with Crippen LogP contribution in [0.4, 0.5) is 0 Å². The van der Waals surface area contributed by atoms with Crippen LogP contribution in [0.1, 0.15) is 37.3 Å². The number of nitrogens with zero attached hydrogens (tertiary/aromatic N) is 3. The third kappa shape index (κ3) is 2.71. The number of aromatic nitrogens is 3. The fourth-order valence-corrected chi connectivity index (χ4v) is 1.86. The van der Waals surface area contributed by atoms with Gasteiger partial charge in [-0.1, -0.05) is 30.3 Å². The maximum absolute atomic E-state index is 6.17. The molecule has 0 aliphatic heterocycles. The zero-order valence-electron chi connectivity index (χ0n) is 10.2. The van der Waals surface area contributed by atoms with Crippen LogP contribution in [0.3, 0.4) is 0 Å². The number of hydrogen-bond donors (Lipinski definition) is 1. The summed E-state index contributed by atoms with van der Waals surface area (Å²) in [5, 5.41) is 8.08. The van der Waals surface area contributed by atoms with Crippen molar-refractivity contribution in [1.29, 1.82) is 0 Å². The second-order valence-electron chi connectivity index (χ2n) is 4.47. The molecular formula is C13H18N4. The lowest BCUT2D eigenvalue weighted by Gasteiger charge is -2.14. The lowest BCUT2D eigenvalue weighted by atomic mass is 10.0. The maximum atomic E-state index is 6.17. The minimum absolute atomic E-state index is 0.0297. The van der Waals surface area contributed by atoms with Crippen LogP contribution in [0.15, 0.2) is 36.7 Å². The number of rotatable bonds is 4. The second kappa shape index (κ2) is 5.10. The molecule has 4 heteroatoms. The zero-order chi connectivity index (χ0) is 12.3. The third-order valence-corrected chi connectivity index (χ3v) is 2.83. The molecule has 0 saturated heterocycles. The lowest BCUT2D eigenvalue weighted by Crippen LogP contribution is -2.17. The Hall–Kier alpha value is -1.68. The van der Waals surface area contributed by atoms with Crippen molar-refractivity contribution >= 4 is 0 Å². The molecule has 4 nitrogen and oxygen atoms in total. The summed E-state index contributed by atoms with van der Waals surface area (Å²) >= 11 is 0. The van der Waals surface area contributed by atoms with E-state index in [1.807, 2.05) is 30.3 Å². The molecule has 0 radical (unpaired) electrons. The maximum Gasteiger partial charge on any atom is 0.134 e. The summed E-state index contributed by atoms with van der Waals surface area (Å²) in [4.78, 5) is 0. The quantitative estimate of drug-likeness (QED) is 0.875. The van der Waals surface area contributed by atoms with E-state index in [4.69, 9.17) is 5.73 Å². The van der Waals surface area contributed by atoms with Gasteiger partial charge in [-0.3, -0.25) is 0 Å². The summed E-state index contributed by atoms with van der Waals surface area (Å²) in [6.07, 6.45) is 2.47. The molecule has 17 heavy (non-hydrogen) atoms. The average molecular weight is 230 g/mol. The molecule has 0 bridgehead atoms. The van der Waals surface area contributed by atoms with Gasteiger partial charge in [-0.05, 0) is 19.4 Å². The van der Waals surface area contributed by atoms with Crippen molar-refractivity contribution in [2.24, 2.45) is 5.73 Å². The van der Waals surface area contributed by atoms with Gasteiger partial charge in [-0.15, -0.1) is 10.2 Å². The Balaban J connectivity index is 2.13. The highest BCUT2D eigenvalue weighted by atomic mass is 15.3. The SMILES string of the molecule is CC(C)n1cnnc1CC(N)c1ccccc1. The van der Waals surface area contributed by atoms with Crippen LogP contribution < -0.4 is 5.73 Å². The van der Waals surface area contributed by atoms with Crippen molar-refractivity contribution < 1.29 is 0 Å². The van der Waals surface area contributed by atoms with Crippen molar-refractivity contribution in [2.75, 3.05) is 0 Å². The second-order valence-corrected chi connectivity index (χ2v) is 4.47. The Morgan fingerprint density at radius 3 is 2.59 bits per heavy atom. The van der Waals surface area contributed by atoms with Gasteiger partial charge in [0.1, 0.15) is 12.2 Å². The molecule has 2 rings (SSSR count). The van der Waals surface area contributed by atoms with Crippen LogP contribution in [0.5, 0.6) is 0 Å². The molecule has 0 aliphatic carbocycles. The van der Waals surface area contributed by atoms with Gasteiger partial charge in [0.25, 0.3) is 0 Å². The molecule has 0 fully saturated rings. The van der Waals surface area contributed by atoms with E-state index in [0.29, 0.717) is 12.5 Å². The summed E-state index contributed by atoms with van der Waals surface area (Å²) in [6, 6.07) is 10.4. The Labute approximate surface area is 101 Å². The topological polar surface area (TPSA) is 56.7 Å². The molecule has 1 aromatic carbocycles. The van der Waals surface area contributed by atoms with Crippen molar-refractivity contribution in [3.63, 3.8) is 0 Å². The van der Waals surface area contributed by atoms with Crippen LogP contribution >= 0.6 is 0 Å². The van der Waals surface area contributed by atoms with Crippen LogP contribution in [0.25, 0.3) is 0 Å². The highest BCUT2D eigenvalue weighted by Crippen LogP contribution is 2.16. The molecule has 90 valence electrons. The number of nitrogens with two attached hydrogens (primary N) is 1. The van der Waals surface area contributed by atoms with E-state index in [9.17, 15) is 0 Å². The Morgan fingerprint density at radius 1 is 1.24 bits per heavy atom. The minimum Gasteiger partial charge on any atom is -0.324 e. The van der Waals surface area contributed by atoms with Gasteiger partial charge in [-0.2, -0.15) is 0 Å². The molecular weight excluding hydrogens is 212 g/mol. The van der Waals surface area contributed by atoms with Gasteiger partial charge >= 0.3 is 0 Å². The highest BCUT2D eigenvalue weighted by molar-refractivity contribution is 5.19. The third-order valence-electron chi connectivity index (χ3n) is 2.83. The van der Waals surface area contributed by atoms with Gasteiger partial charge in [0.15, 0.2) is 0 Å². The van der Waals surface area contributed by atoms with E-state index in [0.717, 1.165) is 11.4 Å². The van der Waals surface area contributed by atoms with E-state index in [1.54, 1.807) is 6.33 Å². The van der Waals surface area contributed by atoms with E-state index in [-0.39, 0.29) is 6.04 Å². The summed E-state index contributed by atoms with van der Waals surface area (Å²) in [5.74, 6) is 0.941. The molecule has 0 amide bonds. The molecule has 1 atom stereocenters. The molecule has 0 aliphatic rings. The van der Waals surface area contributed by atoms with Crippen molar-refractivity contribution in [2.45, 2.75) is 32.4 Å². The van der Waals surface area contributed by atoms with E-state index < -0.39 is 0 Å². The largest absolute Gasteiger partial charge is 0.324 e. The summed E-state index contributed by atoms with van der Waals surface area (Å²) in [7, 11) is 0. The van der Waals surface area contributed by atoms with E-state index >= 15 is 0 Å². The molecule has 1 heterocycles. The molecule has 2 N–H and O–H groups in total. The molecule has 1 aromatic heterocycles. The number of hydrogen-bond acceptors (Lipinski definition) is 3. The first-order chi connectivity index (χ1) is 8.18. The van der Waals surface area contributed by atoms with E-state index in [2.05, 4.69) is 28.6 Å². The van der Waals surface area contributed by atoms with Crippen LogP contribution in [-0.2, 0) is 6.42 Å². The van der Waals surface area contributed by atoms with Crippen molar-refractivity contribution in [3.8, 4) is 0 Å². The number of benzene rings is 1.